The summed E-state index contributed by atoms with van der Waals surface area (Å²) >= 11 is 1.44. The van der Waals surface area contributed by atoms with E-state index in [0.29, 0.717) is 21.8 Å². The molecule has 0 atom stereocenters. The smallest absolute Gasteiger partial charge is 0.206 e. The van der Waals surface area contributed by atoms with Crippen LogP contribution in [0.25, 0.3) is 11.0 Å². The Balaban J connectivity index is 1.94. The van der Waals surface area contributed by atoms with Crippen LogP contribution in [0.3, 0.4) is 0 Å². The van der Waals surface area contributed by atoms with Gasteiger partial charge < -0.3 is 4.42 Å². The zero-order valence-electron chi connectivity index (χ0n) is 12.0. The number of fused-ring (bicyclic) bond motifs is 1. The van der Waals surface area contributed by atoms with Gasteiger partial charge in [0.15, 0.2) is 0 Å². The average Bonchev–Trinajstić information content (AvgIpc) is 2.51. The fourth-order valence-electron chi connectivity index (χ4n) is 2.18. The van der Waals surface area contributed by atoms with Crippen molar-refractivity contribution in [2.24, 2.45) is 0 Å². The second-order valence-corrected chi connectivity index (χ2v) is 6.37. The van der Waals surface area contributed by atoms with Crippen molar-refractivity contribution in [1.29, 1.82) is 0 Å². The summed E-state index contributed by atoms with van der Waals surface area (Å²) in [5, 5.41) is 0.626. The largest absolute Gasteiger partial charge is 0.463 e. The number of hydrogen-bond acceptors (Lipinski definition) is 3. The molecule has 2 aromatic carbocycles. The molecular weight excluding hydrogens is 280 g/mol. The first kappa shape index (κ1) is 14.0. The van der Waals surface area contributed by atoms with Gasteiger partial charge in [0.25, 0.3) is 0 Å². The van der Waals surface area contributed by atoms with E-state index in [0.717, 1.165) is 4.90 Å². The fraction of sp³-hybridized carbons (Fsp3) is 0.167. The molecule has 3 heteroatoms. The van der Waals surface area contributed by atoms with Gasteiger partial charge in [0.1, 0.15) is 11.8 Å². The van der Waals surface area contributed by atoms with Gasteiger partial charge in [-0.3, -0.25) is 4.79 Å². The van der Waals surface area contributed by atoms with Crippen molar-refractivity contribution in [3.63, 3.8) is 0 Å². The molecule has 0 radical (unpaired) electrons. The zero-order chi connectivity index (χ0) is 14.8. The zero-order valence-corrected chi connectivity index (χ0v) is 12.8. The molecular formula is C18H16O2S. The lowest BCUT2D eigenvalue weighted by Gasteiger charge is -2.06. The van der Waals surface area contributed by atoms with Crippen molar-refractivity contribution >= 4 is 22.7 Å². The van der Waals surface area contributed by atoms with Gasteiger partial charge >= 0.3 is 0 Å². The minimum atomic E-state index is 0.0230. The van der Waals surface area contributed by atoms with E-state index in [9.17, 15) is 4.79 Å². The molecule has 3 aromatic rings. The highest BCUT2D eigenvalue weighted by Crippen LogP contribution is 2.28. The summed E-state index contributed by atoms with van der Waals surface area (Å²) in [7, 11) is 0. The molecule has 21 heavy (non-hydrogen) atoms. The van der Waals surface area contributed by atoms with Gasteiger partial charge in [-0.25, -0.2) is 0 Å². The van der Waals surface area contributed by atoms with Crippen LogP contribution in [0.4, 0.5) is 0 Å². The van der Waals surface area contributed by atoms with Crippen LogP contribution in [0.15, 0.2) is 73.8 Å². The number of rotatable bonds is 3. The van der Waals surface area contributed by atoms with E-state index in [-0.39, 0.29) is 5.43 Å². The van der Waals surface area contributed by atoms with E-state index in [1.165, 1.54) is 17.3 Å². The predicted molar refractivity (Wildman–Crippen MR) is 87.1 cm³/mol. The van der Waals surface area contributed by atoms with Gasteiger partial charge in [-0.15, -0.1) is 0 Å². The van der Waals surface area contributed by atoms with E-state index < -0.39 is 0 Å². The van der Waals surface area contributed by atoms with Gasteiger partial charge in [-0.05, 0) is 35.7 Å². The Morgan fingerprint density at radius 1 is 1.00 bits per heavy atom. The minimum absolute atomic E-state index is 0.0230. The summed E-state index contributed by atoms with van der Waals surface area (Å²) in [4.78, 5) is 14.1. The summed E-state index contributed by atoms with van der Waals surface area (Å²) in [5.74, 6) is 0.509. The molecule has 0 saturated heterocycles. The quantitative estimate of drug-likeness (QED) is 0.676. The van der Waals surface area contributed by atoms with Crippen LogP contribution in [0.5, 0.6) is 0 Å². The monoisotopic (exact) mass is 296 g/mol. The van der Waals surface area contributed by atoms with Crippen molar-refractivity contribution in [3.05, 3.63) is 70.6 Å². The van der Waals surface area contributed by atoms with E-state index >= 15 is 0 Å². The normalized spacial score (nSPS) is 11.2. The topological polar surface area (TPSA) is 30.2 Å². The Labute approximate surface area is 127 Å². The summed E-state index contributed by atoms with van der Waals surface area (Å²) in [5.41, 5.74) is 1.95. The molecule has 106 valence electrons. The molecule has 0 N–H and O–H groups in total. The lowest BCUT2D eigenvalue weighted by Crippen LogP contribution is -2.03. The van der Waals surface area contributed by atoms with Crippen molar-refractivity contribution in [2.45, 2.75) is 29.6 Å². The van der Waals surface area contributed by atoms with Crippen LogP contribution in [0, 0.1) is 0 Å². The maximum atomic E-state index is 12.4. The van der Waals surface area contributed by atoms with Crippen molar-refractivity contribution in [3.8, 4) is 0 Å². The van der Waals surface area contributed by atoms with Crippen LogP contribution in [0.2, 0.25) is 0 Å². The van der Waals surface area contributed by atoms with Gasteiger partial charge in [0.05, 0.1) is 10.3 Å². The van der Waals surface area contributed by atoms with Crippen molar-refractivity contribution in [2.75, 3.05) is 0 Å². The molecule has 0 spiro atoms. The van der Waals surface area contributed by atoms with E-state index in [4.69, 9.17) is 4.42 Å². The Morgan fingerprint density at radius 3 is 2.43 bits per heavy atom. The molecule has 1 heterocycles. The van der Waals surface area contributed by atoms with Crippen LogP contribution in [-0.4, -0.2) is 0 Å². The maximum absolute atomic E-state index is 12.4. The fourth-order valence-corrected chi connectivity index (χ4v) is 3.00. The average molecular weight is 296 g/mol. The van der Waals surface area contributed by atoms with E-state index in [1.54, 1.807) is 12.3 Å². The summed E-state index contributed by atoms with van der Waals surface area (Å²) in [6.45, 7) is 4.33. The van der Waals surface area contributed by atoms with E-state index in [2.05, 4.69) is 38.1 Å². The predicted octanol–water partition coefficient (Wildman–Crippen LogP) is 5.07. The molecule has 0 bridgehead atoms. The Bertz CT molecular complexity index is 816. The second kappa shape index (κ2) is 5.78. The first-order valence-corrected chi connectivity index (χ1v) is 7.75. The third-order valence-corrected chi connectivity index (χ3v) is 4.43. The molecule has 0 aliphatic heterocycles. The van der Waals surface area contributed by atoms with Crippen LogP contribution >= 0.6 is 11.8 Å². The summed E-state index contributed by atoms with van der Waals surface area (Å²) in [6.07, 6.45) is 1.55. The van der Waals surface area contributed by atoms with Gasteiger partial charge in [0, 0.05) is 4.90 Å². The lowest BCUT2D eigenvalue weighted by molar-refractivity contribution is 0.587. The third-order valence-electron chi connectivity index (χ3n) is 3.42. The molecule has 0 amide bonds. The number of hydrogen-bond donors (Lipinski definition) is 0. The molecule has 0 fully saturated rings. The summed E-state index contributed by atoms with van der Waals surface area (Å²) in [6, 6.07) is 15.6. The van der Waals surface area contributed by atoms with E-state index in [1.807, 2.05) is 18.2 Å². The summed E-state index contributed by atoms with van der Waals surface area (Å²) < 4.78 is 5.54. The highest BCUT2D eigenvalue weighted by molar-refractivity contribution is 7.99. The molecule has 0 unspecified atom stereocenters. The Hall–Kier alpha value is -2.00. The first-order valence-electron chi connectivity index (χ1n) is 6.93. The first-order chi connectivity index (χ1) is 10.1. The Morgan fingerprint density at radius 2 is 1.71 bits per heavy atom. The maximum Gasteiger partial charge on any atom is 0.206 e. The van der Waals surface area contributed by atoms with Crippen molar-refractivity contribution in [1.82, 2.24) is 0 Å². The highest BCUT2D eigenvalue weighted by Gasteiger charge is 2.08. The lowest BCUT2D eigenvalue weighted by atomic mass is 10.0. The second-order valence-electron chi connectivity index (χ2n) is 5.25. The minimum Gasteiger partial charge on any atom is -0.463 e. The number of para-hydroxylation sites is 1. The van der Waals surface area contributed by atoms with Crippen LogP contribution in [0.1, 0.15) is 25.3 Å². The number of benzene rings is 2. The third kappa shape index (κ3) is 2.88. The molecule has 1 aromatic heterocycles. The van der Waals surface area contributed by atoms with Crippen LogP contribution in [-0.2, 0) is 0 Å². The standard InChI is InChI=1S/C18H16O2S/c1-12(2)13-7-9-14(10-8-13)21-17-11-20-16-6-4-3-5-15(16)18(17)19/h3-12H,1-2H3. The van der Waals surface area contributed by atoms with Gasteiger partial charge in [0.2, 0.25) is 5.43 Å². The van der Waals surface area contributed by atoms with Crippen LogP contribution < -0.4 is 5.43 Å². The molecule has 2 nitrogen and oxygen atoms in total. The SMILES string of the molecule is CC(C)c1ccc(Sc2coc3ccccc3c2=O)cc1. The van der Waals surface area contributed by atoms with Crippen molar-refractivity contribution < 1.29 is 4.42 Å². The molecule has 0 saturated carbocycles. The molecule has 0 aliphatic rings. The Kier molecular flexibility index (Phi) is 3.84. The van der Waals surface area contributed by atoms with Gasteiger partial charge in [-0.1, -0.05) is 49.9 Å². The highest BCUT2D eigenvalue weighted by atomic mass is 32.2. The molecule has 0 aliphatic carbocycles. The van der Waals surface area contributed by atoms with Gasteiger partial charge in [-0.2, -0.15) is 0 Å². The molecule has 3 rings (SSSR count).